The van der Waals surface area contributed by atoms with Gasteiger partial charge in [0.05, 0.1) is 19.1 Å². The maximum Gasteiger partial charge on any atom is 0.331 e. The van der Waals surface area contributed by atoms with E-state index in [1.807, 2.05) is 0 Å². The third-order valence-corrected chi connectivity index (χ3v) is 4.75. The van der Waals surface area contributed by atoms with Gasteiger partial charge in [0.25, 0.3) is 0 Å². The summed E-state index contributed by atoms with van der Waals surface area (Å²) in [6.45, 7) is 0. The molecule has 1 fully saturated rings. The van der Waals surface area contributed by atoms with Crippen molar-refractivity contribution in [3.63, 3.8) is 0 Å². The first-order valence-electron chi connectivity index (χ1n) is 7.56. The summed E-state index contributed by atoms with van der Waals surface area (Å²) in [5.74, 6) is -0.450. The summed E-state index contributed by atoms with van der Waals surface area (Å²) in [7, 11) is 1.38. The predicted octanol–water partition coefficient (Wildman–Crippen LogP) is 1.12. The number of esters is 1. The summed E-state index contributed by atoms with van der Waals surface area (Å²) in [5, 5.41) is 2.99. The molecule has 1 aromatic rings. The maximum absolute atomic E-state index is 12.6. The normalized spacial score (nSPS) is 23.4. The van der Waals surface area contributed by atoms with E-state index in [0.29, 0.717) is 19.3 Å². The summed E-state index contributed by atoms with van der Waals surface area (Å²) < 4.78 is 4.90. The standard InChI is InChI=1S/C15H21N3O3/c1-21-14(20)15(6-2-3-7-15)18-13(19)10-4-5-11-12(8-10)17-9-16-11/h9-10H,2-8H2,1H3,(H,16,17)(H,18,19). The number of H-pyrrole nitrogens is 1. The number of nitrogens with zero attached hydrogens (tertiary/aromatic N) is 1. The first-order chi connectivity index (χ1) is 10.1. The smallest absolute Gasteiger partial charge is 0.331 e. The molecule has 0 aromatic carbocycles. The lowest BCUT2D eigenvalue weighted by molar-refractivity contribution is -0.151. The largest absolute Gasteiger partial charge is 0.467 e. The number of imidazole rings is 1. The molecular formula is C15H21N3O3. The number of carbonyl (C=O) groups is 2. The molecule has 1 atom stereocenters. The molecule has 0 aliphatic heterocycles. The van der Waals surface area contributed by atoms with E-state index in [-0.39, 0.29) is 17.8 Å². The van der Waals surface area contributed by atoms with E-state index in [1.165, 1.54) is 7.11 Å². The van der Waals surface area contributed by atoms with Gasteiger partial charge in [-0.3, -0.25) is 4.79 Å². The molecule has 0 radical (unpaired) electrons. The van der Waals surface area contributed by atoms with Crippen LogP contribution in [0, 0.1) is 5.92 Å². The van der Waals surface area contributed by atoms with Gasteiger partial charge in [-0.05, 0) is 25.7 Å². The Balaban J connectivity index is 1.70. The average Bonchev–Trinajstić information content (AvgIpc) is 3.14. The SMILES string of the molecule is COC(=O)C1(NC(=O)C2CCc3nc[nH]c3C2)CCCC1. The van der Waals surface area contributed by atoms with Crippen molar-refractivity contribution in [3.8, 4) is 0 Å². The molecule has 1 heterocycles. The van der Waals surface area contributed by atoms with Crippen molar-refractivity contribution in [1.82, 2.24) is 15.3 Å². The molecule has 21 heavy (non-hydrogen) atoms. The second kappa shape index (κ2) is 5.50. The highest BCUT2D eigenvalue weighted by Crippen LogP contribution is 2.32. The van der Waals surface area contributed by atoms with Gasteiger partial charge in [0.1, 0.15) is 5.54 Å². The molecule has 6 heteroatoms. The Morgan fingerprint density at radius 1 is 1.43 bits per heavy atom. The number of amides is 1. The fourth-order valence-corrected chi connectivity index (χ4v) is 3.52. The summed E-state index contributed by atoms with van der Waals surface area (Å²) >= 11 is 0. The summed E-state index contributed by atoms with van der Waals surface area (Å²) in [4.78, 5) is 32.0. The van der Waals surface area contributed by atoms with Crippen LogP contribution in [0.3, 0.4) is 0 Å². The number of rotatable bonds is 3. The lowest BCUT2D eigenvalue weighted by Gasteiger charge is -2.30. The number of ether oxygens (including phenoxy) is 1. The molecule has 1 saturated carbocycles. The van der Waals surface area contributed by atoms with Gasteiger partial charge in [-0.2, -0.15) is 0 Å². The number of hydrogen-bond donors (Lipinski definition) is 2. The molecule has 0 spiro atoms. The summed E-state index contributed by atoms with van der Waals surface area (Å²) in [5.41, 5.74) is 1.29. The first kappa shape index (κ1) is 14.1. The van der Waals surface area contributed by atoms with Gasteiger partial charge in [-0.15, -0.1) is 0 Å². The molecule has 6 nitrogen and oxygen atoms in total. The van der Waals surface area contributed by atoms with Crippen molar-refractivity contribution in [2.75, 3.05) is 7.11 Å². The molecule has 114 valence electrons. The zero-order valence-electron chi connectivity index (χ0n) is 12.3. The van der Waals surface area contributed by atoms with Crippen LogP contribution in [0.5, 0.6) is 0 Å². The van der Waals surface area contributed by atoms with Crippen LogP contribution >= 0.6 is 0 Å². The van der Waals surface area contributed by atoms with E-state index in [4.69, 9.17) is 4.74 Å². The van der Waals surface area contributed by atoms with Crippen molar-refractivity contribution in [1.29, 1.82) is 0 Å². The average molecular weight is 291 g/mol. The van der Waals surface area contributed by atoms with E-state index in [0.717, 1.165) is 37.1 Å². The highest BCUT2D eigenvalue weighted by molar-refractivity contribution is 5.89. The summed E-state index contributed by atoms with van der Waals surface area (Å²) in [6, 6.07) is 0. The van der Waals surface area contributed by atoms with Crippen molar-refractivity contribution in [2.24, 2.45) is 5.92 Å². The lowest BCUT2D eigenvalue weighted by Crippen LogP contribution is -2.55. The minimum Gasteiger partial charge on any atom is -0.467 e. The Labute approximate surface area is 123 Å². The molecule has 3 rings (SSSR count). The molecule has 2 N–H and O–H groups in total. The Hall–Kier alpha value is -1.85. The number of aromatic nitrogens is 2. The van der Waals surface area contributed by atoms with E-state index < -0.39 is 5.54 Å². The number of methoxy groups -OCH3 is 1. The van der Waals surface area contributed by atoms with E-state index in [9.17, 15) is 9.59 Å². The second-order valence-corrected chi connectivity index (χ2v) is 6.04. The van der Waals surface area contributed by atoms with Crippen LogP contribution in [0.2, 0.25) is 0 Å². The minimum atomic E-state index is -0.805. The molecule has 1 unspecified atom stereocenters. The van der Waals surface area contributed by atoms with Crippen molar-refractivity contribution >= 4 is 11.9 Å². The number of carbonyl (C=O) groups excluding carboxylic acids is 2. The van der Waals surface area contributed by atoms with E-state index in [2.05, 4.69) is 15.3 Å². The van der Waals surface area contributed by atoms with Crippen LogP contribution in [0.15, 0.2) is 6.33 Å². The molecule has 0 bridgehead atoms. The molecule has 0 saturated heterocycles. The van der Waals surface area contributed by atoms with Crippen LogP contribution in [0.1, 0.15) is 43.5 Å². The quantitative estimate of drug-likeness (QED) is 0.817. The molecule has 2 aliphatic rings. The highest BCUT2D eigenvalue weighted by Gasteiger charge is 2.44. The molecule has 1 aromatic heterocycles. The van der Waals surface area contributed by atoms with Crippen molar-refractivity contribution in [3.05, 3.63) is 17.7 Å². The number of nitrogens with one attached hydrogen (secondary N) is 2. The topological polar surface area (TPSA) is 84.1 Å². The number of aromatic amines is 1. The van der Waals surface area contributed by atoms with Gasteiger partial charge in [0.15, 0.2) is 0 Å². The van der Waals surface area contributed by atoms with Gasteiger partial charge >= 0.3 is 5.97 Å². The van der Waals surface area contributed by atoms with Crippen LogP contribution in [-0.4, -0.2) is 34.5 Å². The monoisotopic (exact) mass is 291 g/mol. The Morgan fingerprint density at radius 2 is 2.19 bits per heavy atom. The van der Waals surface area contributed by atoms with Crippen LogP contribution in [0.25, 0.3) is 0 Å². The van der Waals surface area contributed by atoms with E-state index >= 15 is 0 Å². The zero-order valence-corrected chi connectivity index (χ0v) is 12.3. The van der Waals surface area contributed by atoms with Crippen molar-refractivity contribution < 1.29 is 14.3 Å². The Kier molecular flexibility index (Phi) is 3.69. The number of aryl methyl sites for hydroxylation is 1. The van der Waals surface area contributed by atoms with Crippen LogP contribution in [0.4, 0.5) is 0 Å². The fourth-order valence-electron chi connectivity index (χ4n) is 3.52. The van der Waals surface area contributed by atoms with Crippen LogP contribution in [-0.2, 0) is 27.2 Å². The van der Waals surface area contributed by atoms with Crippen molar-refractivity contribution in [2.45, 2.75) is 50.5 Å². The molecular weight excluding hydrogens is 270 g/mol. The summed E-state index contributed by atoms with van der Waals surface area (Å²) in [6.07, 6.45) is 7.18. The van der Waals surface area contributed by atoms with Gasteiger partial charge in [0, 0.05) is 18.0 Å². The molecule has 2 aliphatic carbocycles. The van der Waals surface area contributed by atoms with Gasteiger partial charge < -0.3 is 15.0 Å². The van der Waals surface area contributed by atoms with E-state index in [1.54, 1.807) is 6.33 Å². The number of fused-ring (bicyclic) bond motifs is 1. The first-order valence-corrected chi connectivity index (χ1v) is 7.56. The third-order valence-electron chi connectivity index (χ3n) is 4.75. The predicted molar refractivity (Wildman–Crippen MR) is 75.5 cm³/mol. The fraction of sp³-hybridized carbons (Fsp3) is 0.667. The minimum absolute atomic E-state index is 0.0393. The lowest BCUT2D eigenvalue weighted by atomic mass is 9.87. The maximum atomic E-state index is 12.6. The van der Waals surface area contributed by atoms with Gasteiger partial charge in [-0.1, -0.05) is 12.8 Å². The van der Waals surface area contributed by atoms with Gasteiger partial charge in [0.2, 0.25) is 5.91 Å². The third kappa shape index (κ3) is 2.54. The highest BCUT2D eigenvalue weighted by atomic mass is 16.5. The Bertz CT molecular complexity index is 546. The second-order valence-electron chi connectivity index (χ2n) is 6.04. The van der Waals surface area contributed by atoms with Crippen LogP contribution < -0.4 is 5.32 Å². The zero-order chi connectivity index (χ0) is 14.9. The molecule has 1 amide bonds. The Morgan fingerprint density at radius 3 is 2.90 bits per heavy atom. The van der Waals surface area contributed by atoms with Gasteiger partial charge in [-0.25, -0.2) is 9.78 Å². The number of hydrogen-bond acceptors (Lipinski definition) is 4.